The van der Waals surface area contributed by atoms with Crippen molar-refractivity contribution in [2.75, 3.05) is 13.1 Å². The molecule has 0 aromatic carbocycles. The predicted octanol–water partition coefficient (Wildman–Crippen LogP) is 2.04. The molecule has 17 heavy (non-hydrogen) atoms. The van der Waals surface area contributed by atoms with Gasteiger partial charge in [-0.05, 0) is 38.3 Å². The van der Waals surface area contributed by atoms with E-state index in [9.17, 15) is 0 Å². The van der Waals surface area contributed by atoms with Crippen LogP contribution in [0.5, 0.6) is 0 Å². The van der Waals surface area contributed by atoms with E-state index in [4.69, 9.17) is 4.42 Å². The molecular weight excluding hydrogens is 212 g/mol. The van der Waals surface area contributed by atoms with Crippen LogP contribution in [-0.2, 0) is 6.42 Å². The SMILES string of the molecule is CC1CC(NCCc2ccco2)CN1C1CC1. The van der Waals surface area contributed by atoms with Crippen molar-refractivity contribution in [1.29, 1.82) is 0 Å². The van der Waals surface area contributed by atoms with E-state index in [2.05, 4.69) is 23.2 Å². The monoisotopic (exact) mass is 234 g/mol. The Labute approximate surface area is 103 Å². The fraction of sp³-hybridized carbons (Fsp3) is 0.714. The molecule has 2 fully saturated rings. The first-order chi connectivity index (χ1) is 8.33. The molecule has 3 heteroatoms. The Hall–Kier alpha value is -0.800. The molecule has 0 bridgehead atoms. The van der Waals surface area contributed by atoms with Gasteiger partial charge in [-0.1, -0.05) is 0 Å². The number of nitrogens with zero attached hydrogens (tertiary/aromatic N) is 1. The molecule has 2 unspecified atom stereocenters. The van der Waals surface area contributed by atoms with Crippen LogP contribution < -0.4 is 5.32 Å². The zero-order valence-electron chi connectivity index (χ0n) is 10.6. The van der Waals surface area contributed by atoms with Crippen molar-refractivity contribution in [2.24, 2.45) is 0 Å². The molecule has 3 nitrogen and oxygen atoms in total. The van der Waals surface area contributed by atoms with Gasteiger partial charge in [-0.15, -0.1) is 0 Å². The van der Waals surface area contributed by atoms with Crippen LogP contribution in [0.25, 0.3) is 0 Å². The Bertz CT molecular complexity index is 345. The van der Waals surface area contributed by atoms with Crippen molar-refractivity contribution >= 4 is 0 Å². The number of hydrogen-bond donors (Lipinski definition) is 1. The van der Waals surface area contributed by atoms with Gasteiger partial charge in [0.15, 0.2) is 0 Å². The molecule has 2 atom stereocenters. The summed E-state index contributed by atoms with van der Waals surface area (Å²) in [5, 5.41) is 3.66. The van der Waals surface area contributed by atoms with E-state index in [1.807, 2.05) is 6.07 Å². The molecule has 94 valence electrons. The molecular formula is C14H22N2O. The minimum Gasteiger partial charge on any atom is -0.469 e. The highest BCUT2D eigenvalue weighted by atomic mass is 16.3. The van der Waals surface area contributed by atoms with Gasteiger partial charge >= 0.3 is 0 Å². The van der Waals surface area contributed by atoms with Crippen molar-refractivity contribution in [3.05, 3.63) is 24.2 Å². The molecule has 2 heterocycles. The van der Waals surface area contributed by atoms with E-state index < -0.39 is 0 Å². The lowest BCUT2D eigenvalue weighted by atomic mass is 10.2. The molecule has 3 rings (SSSR count). The quantitative estimate of drug-likeness (QED) is 0.845. The Kier molecular flexibility index (Phi) is 3.21. The normalized spacial score (nSPS) is 29.9. The van der Waals surface area contributed by atoms with E-state index in [0.29, 0.717) is 6.04 Å². The van der Waals surface area contributed by atoms with E-state index >= 15 is 0 Å². The van der Waals surface area contributed by atoms with Gasteiger partial charge in [-0.3, -0.25) is 4.90 Å². The number of nitrogens with one attached hydrogen (secondary N) is 1. The highest BCUT2D eigenvalue weighted by Crippen LogP contribution is 2.33. The maximum absolute atomic E-state index is 5.34. The zero-order valence-corrected chi connectivity index (χ0v) is 10.6. The van der Waals surface area contributed by atoms with Crippen molar-refractivity contribution in [3.8, 4) is 0 Å². The van der Waals surface area contributed by atoms with E-state index in [1.54, 1.807) is 6.26 Å². The third-order valence-corrected chi connectivity index (χ3v) is 4.02. The summed E-state index contributed by atoms with van der Waals surface area (Å²) in [6.45, 7) is 4.64. The fourth-order valence-electron chi connectivity index (χ4n) is 2.97. The topological polar surface area (TPSA) is 28.4 Å². The van der Waals surface area contributed by atoms with E-state index in [-0.39, 0.29) is 0 Å². The predicted molar refractivity (Wildman–Crippen MR) is 68.0 cm³/mol. The summed E-state index contributed by atoms with van der Waals surface area (Å²) in [4.78, 5) is 2.69. The second kappa shape index (κ2) is 4.83. The summed E-state index contributed by atoms with van der Waals surface area (Å²) in [5.41, 5.74) is 0. The zero-order chi connectivity index (χ0) is 11.7. The minimum atomic E-state index is 0.681. The highest BCUT2D eigenvalue weighted by Gasteiger charge is 2.38. The fourth-order valence-corrected chi connectivity index (χ4v) is 2.97. The molecule has 2 aliphatic rings. The molecule has 1 aromatic rings. The Morgan fingerprint density at radius 2 is 2.35 bits per heavy atom. The number of rotatable bonds is 5. The lowest BCUT2D eigenvalue weighted by Crippen LogP contribution is -2.35. The highest BCUT2D eigenvalue weighted by molar-refractivity contribution is 4.99. The van der Waals surface area contributed by atoms with Crippen LogP contribution >= 0.6 is 0 Å². The summed E-state index contributed by atoms with van der Waals surface area (Å²) in [7, 11) is 0. The summed E-state index contributed by atoms with van der Waals surface area (Å²) in [5.74, 6) is 1.09. The molecule has 0 amide bonds. The second-order valence-corrected chi connectivity index (χ2v) is 5.49. The third-order valence-electron chi connectivity index (χ3n) is 4.02. The van der Waals surface area contributed by atoms with Crippen LogP contribution in [0.15, 0.2) is 22.8 Å². The first kappa shape index (κ1) is 11.3. The standard InChI is InChI=1S/C14H22N2O/c1-11-9-12(10-16(11)13-4-5-13)15-7-6-14-3-2-8-17-14/h2-3,8,11-13,15H,4-7,9-10H2,1H3. The molecule has 1 aromatic heterocycles. The smallest absolute Gasteiger partial charge is 0.105 e. The average Bonchev–Trinajstić information content (AvgIpc) is 2.89. The average molecular weight is 234 g/mol. The molecule has 1 aliphatic heterocycles. The third kappa shape index (κ3) is 2.72. The van der Waals surface area contributed by atoms with Gasteiger partial charge in [0.25, 0.3) is 0 Å². The molecule has 1 saturated carbocycles. The summed E-state index contributed by atoms with van der Waals surface area (Å²) in [6.07, 6.45) is 6.89. The van der Waals surface area contributed by atoms with Crippen LogP contribution in [0.3, 0.4) is 0 Å². The maximum atomic E-state index is 5.34. The van der Waals surface area contributed by atoms with Crippen LogP contribution in [-0.4, -0.2) is 36.1 Å². The van der Waals surface area contributed by atoms with Gasteiger partial charge in [0.1, 0.15) is 5.76 Å². The van der Waals surface area contributed by atoms with Gasteiger partial charge in [0, 0.05) is 37.6 Å². The Morgan fingerprint density at radius 3 is 3.06 bits per heavy atom. The Morgan fingerprint density at radius 1 is 1.47 bits per heavy atom. The van der Waals surface area contributed by atoms with Crippen LogP contribution in [0.1, 0.15) is 31.9 Å². The molecule has 0 radical (unpaired) electrons. The minimum absolute atomic E-state index is 0.681. The second-order valence-electron chi connectivity index (χ2n) is 5.49. The van der Waals surface area contributed by atoms with Gasteiger partial charge in [-0.2, -0.15) is 0 Å². The number of likely N-dealkylation sites (tertiary alicyclic amines) is 1. The summed E-state index contributed by atoms with van der Waals surface area (Å²) in [6, 6.07) is 6.36. The van der Waals surface area contributed by atoms with Crippen molar-refractivity contribution in [1.82, 2.24) is 10.2 Å². The molecule has 1 aliphatic carbocycles. The van der Waals surface area contributed by atoms with Crippen molar-refractivity contribution in [2.45, 2.75) is 50.7 Å². The first-order valence-electron chi connectivity index (χ1n) is 6.84. The van der Waals surface area contributed by atoms with Crippen LogP contribution in [0.2, 0.25) is 0 Å². The molecule has 0 spiro atoms. The van der Waals surface area contributed by atoms with E-state index in [0.717, 1.165) is 30.8 Å². The van der Waals surface area contributed by atoms with Crippen molar-refractivity contribution < 1.29 is 4.42 Å². The first-order valence-corrected chi connectivity index (χ1v) is 6.84. The van der Waals surface area contributed by atoms with Crippen LogP contribution in [0.4, 0.5) is 0 Å². The number of hydrogen-bond acceptors (Lipinski definition) is 3. The summed E-state index contributed by atoms with van der Waals surface area (Å²) < 4.78 is 5.34. The lowest BCUT2D eigenvalue weighted by molar-refractivity contribution is 0.255. The number of furan rings is 1. The molecule has 1 saturated heterocycles. The van der Waals surface area contributed by atoms with Gasteiger partial charge < -0.3 is 9.73 Å². The van der Waals surface area contributed by atoms with Crippen molar-refractivity contribution in [3.63, 3.8) is 0 Å². The lowest BCUT2D eigenvalue weighted by Gasteiger charge is -2.19. The maximum Gasteiger partial charge on any atom is 0.105 e. The van der Waals surface area contributed by atoms with Gasteiger partial charge in [0.2, 0.25) is 0 Å². The van der Waals surface area contributed by atoms with Gasteiger partial charge in [-0.25, -0.2) is 0 Å². The van der Waals surface area contributed by atoms with Crippen LogP contribution in [0, 0.1) is 0 Å². The van der Waals surface area contributed by atoms with E-state index in [1.165, 1.54) is 25.8 Å². The largest absolute Gasteiger partial charge is 0.469 e. The van der Waals surface area contributed by atoms with Gasteiger partial charge in [0.05, 0.1) is 6.26 Å². The Balaban J connectivity index is 1.41. The molecule has 1 N–H and O–H groups in total. The summed E-state index contributed by atoms with van der Waals surface area (Å²) >= 11 is 0.